The first-order chi connectivity index (χ1) is 8.37. The van der Waals surface area contributed by atoms with Crippen molar-refractivity contribution in [1.29, 1.82) is 0 Å². The Bertz CT molecular complexity index is 422. The van der Waals surface area contributed by atoms with Crippen LogP contribution >= 0.6 is 0 Å². The Hall–Kier alpha value is -1.44. The molecular formula is C11H16FN3O3. The van der Waals surface area contributed by atoms with E-state index >= 15 is 0 Å². The summed E-state index contributed by atoms with van der Waals surface area (Å²) >= 11 is 0. The van der Waals surface area contributed by atoms with Crippen LogP contribution in [0.5, 0.6) is 0 Å². The lowest BCUT2D eigenvalue weighted by molar-refractivity contribution is -0.0765. The highest BCUT2D eigenvalue weighted by atomic mass is 19.1. The highest BCUT2D eigenvalue weighted by Gasteiger charge is 2.56. The summed E-state index contributed by atoms with van der Waals surface area (Å²) in [6.45, 7) is 4.39. The molecule has 0 aromatic heterocycles. The Morgan fingerprint density at radius 2 is 2.39 bits per heavy atom. The number of nitrogens with two attached hydrogens (primary N) is 1. The molecule has 0 saturated carbocycles. The number of hydrogen-bond acceptors (Lipinski definition) is 6. The monoisotopic (exact) mass is 257 g/mol. The number of ether oxygens (including phenoxy) is 1. The van der Waals surface area contributed by atoms with E-state index in [0.717, 1.165) is 0 Å². The molecule has 2 heterocycles. The molecule has 7 heteroatoms. The summed E-state index contributed by atoms with van der Waals surface area (Å²) in [5, 5.41) is 18.8. The van der Waals surface area contributed by atoms with E-state index in [9.17, 15) is 9.50 Å². The van der Waals surface area contributed by atoms with Crippen molar-refractivity contribution in [3.05, 3.63) is 24.7 Å². The van der Waals surface area contributed by atoms with Gasteiger partial charge in [-0.3, -0.25) is 0 Å². The number of halogens is 1. The van der Waals surface area contributed by atoms with Gasteiger partial charge < -0.3 is 25.6 Å². The fourth-order valence-electron chi connectivity index (χ4n) is 2.06. The number of alkyl halides is 1. The molecule has 18 heavy (non-hydrogen) atoms. The second-order valence-corrected chi connectivity index (χ2v) is 4.48. The number of nitrogens with zero attached hydrogens (tertiary/aromatic N) is 2. The Kier molecular flexibility index (Phi) is 3.14. The van der Waals surface area contributed by atoms with Crippen molar-refractivity contribution >= 4 is 5.84 Å². The largest absolute Gasteiger partial charge is 0.394 e. The summed E-state index contributed by atoms with van der Waals surface area (Å²) in [7, 11) is 0. The predicted octanol–water partition coefficient (Wildman–Crippen LogP) is -0.550. The SMILES string of the molecule is C=C1N=C(N)C=CN1[C@@H]1O[C@H](CO)[C@@H](O)[C@@]1(C)F. The van der Waals surface area contributed by atoms with Gasteiger partial charge in [-0.15, -0.1) is 0 Å². The smallest absolute Gasteiger partial charge is 0.181 e. The van der Waals surface area contributed by atoms with Crippen LogP contribution < -0.4 is 5.73 Å². The zero-order valence-corrected chi connectivity index (χ0v) is 9.95. The van der Waals surface area contributed by atoms with Gasteiger partial charge in [0.1, 0.15) is 23.9 Å². The van der Waals surface area contributed by atoms with Gasteiger partial charge in [0.2, 0.25) is 0 Å². The lowest BCUT2D eigenvalue weighted by Gasteiger charge is -2.34. The predicted molar refractivity (Wildman–Crippen MR) is 63.0 cm³/mol. The molecule has 6 nitrogen and oxygen atoms in total. The van der Waals surface area contributed by atoms with Gasteiger partial charge in [-0.2, -0.15) is 0 Å². The lowest BCUT2D eigenvalue weighted by atomic mass is 9.98. The summed E-state index contributed by atoms with van der Waals surface area (Å²) in [6.07, 6.45) is -0.538. The Morgan fingerprint density at radius 3 is 2.89 bits per heavy atom. The van der Waals surface area contributed by atoms with Crippen molar-refractivity contribution in [1.82, 2.24) is 4.90 Å². The summed E-state index contributed by atoms with van der Waals surface area (Å²) in [6, 6.07) is 0. The van der Waals surface area contributed by atoms with Gasteiger partial charge in [-0.05, 0) is 13.0 Å². The first kappa shape index (κ1) is 13.0. The second-order valence-electron chi connectivity index (χ2n) is 4.48. The first-order valence-corrected chi connectivity index (χ1v) is 5.51. The first-order valence-electron chi connectivity index (χ1n) is 5.51. The van der Waals surface area contributed by atoms with Crippen LogP contribution in [0.3, 0.4) is 0 Å². The summed E-state index contributed by atoms with van der Waals surface area (Å²) in [5.74, 6) is 0.476. The van der Waals surface area contributed by atoms with E-state index < -0.39 is 30.7 Å². The van der Waals surface area contributed by atoms with Crippen LogP contribution in [0.15, 0.2) is 29.7 Å². The average Bonchev–Trinajstić information content (AvgIpc) is 2.52. The maximum atomic E-state index is 14.5. The Labute approximate surface area is 104 Å². The molecule has 2 rings (SSSR count). The third-order valence-corrected chi connectivity index (χ3v) is 3.11. The zero-order chi connectivity index (χ0) is 13.5. The molecule has 4 atom stereocenters. The molecule has 1 saturated heterocycles. The number of amidine groups is 1. The van der Waals surface area contributed by atoms with Crippen molar-refractivity contribution in [2.75, 3.05) is 6.61 Å². The van der Waals surface area contributed by atoms with Crippen LogP contribution in [-0.4, -0.2) is 51.7 Å². The maximum Gasteiger partial charge on any atom is 0.181 e. The van der Waals surface area contributed by atoms with E-state index in [1.807, 2.05) is 0 Å². The van der Waals surface area contributed by atoms with Crippen molar-refractivity contribution in [2.45, 2.75) is 31.0 Å². The highest BCUT2D eigenvalue weighted by Crippen LogP contribution is 2.38. The van der Waals surface area contributed by atoms with Crippen LogP contribution in [0.1, 0.15) is 6.92 Å². The molecule has 0 unspecified atom stereocenters. The number of aliphatic hydroxyl groups excluding tert-OH is 2. The normalized spacial score (nSPS) is 40.2. The number of aliphatic hydroxyl groups is 2. The molecule has 0 amide bonds. The van der Waals surface area contributed by atoms with Gasteiger partial charge in [-0.1, -0.05) is 6.58 Å². The number of aliphatic imine (C=N–C) groups is 1. The Balaban J connectivity index is 2.25. The fourth-order valence-corrected chi connectivity index (χ4v) is 2.06. The summed E-state index contributed by atoms with van der Waals surface area (Å²) in [5.41, 5.74) is 3.43. The van der Waals surface area contributed by atoms with Crippen LogP contribution in [0, 0.1) is 0 Å². The quantitative estimate of drug-likeness (QED) is 0.617. The van der Waals surface area contributed by atoms with Crippen LogP contribution in [0.2, 0.25) is 0 Å². The van der Waals surface area contributed by atoms with Crippen molar-refractivity contribution in [3.8, 4) is 0 Å². The molecule has 1 fully saturated rings. The third-order valence-electron chi connectivity index (χ3n) is 3.11. The minimum atomic E-state index is -2.05. The zero-order valence-electron chi connectivity index (χ0n) is 9.95. The van der Waals surface area contributed by atoms with E-state index in [-0.39, 0.29) is 11.7 Å². The lowest BCUT2D eigenvalue weighted by Crippen LogP contribution is -2.48. The molecular weight excluding hydrogens is 241 g/mol. The van der Waals surface area contributed by atoms with Crippen LogP contribution in [0.4, 0.5) is 4.39 Å². The highest BCUT2D eigenvalue weighted by molar-refractivity contribution is 5.92. The van der Waals surface area contributed by atoms with Gasteiger partial charge in [0.25, 0.3) is 0 Å². The number of hydrogen-bond donors (Lipinski definition) is 3. The van der Waals surface area contributed by atoms with E-state index in [0.29, 0.717) is 0 Å². The van der Waals surface area contributed by atoms with Gasteiger partial charge in [0.15, 0.2) is 11.9 Å². The van der Waals surface area contributed by atoms with Crippen molar-refractivity contribution in [2.24, 2.45) is 10.7 Å². The summed E-state index contributed by atoms with van der Waals surface area (Å²) < 4.78 is 19.8. The molecule has 2 aliphatic rings. The second kappa shape index (κ2) is 4.34. The minimum Gasteiger partial charge on any atom is -0.394 e. The fraction of sp³-hybridized carbons (Fsp3) is 0.545. The van der Waals surface area contributed by atoms with E-state index in [2.05, 4.69) is 11.6 Å². The van der Waals surface area contributed by atoms with Crippen molar-refractivity contribution < 1.29 is 19.3 Å². The molecule has 2 aliphatic heterocycles. The van der Waals surface area contributed by atoms with E-state index in [1.165, 1.54) is 24.1 Å². The molecule has 4 N–H and O–H groups in total. The van der Waals surface area contributed by atoms with E-state index in [4.69, 9.17) is 15.6 Å². The van der Waals surface area contributed by atoms with Crippen LogP contribution in [-0.2, 0) is 4.74 Å². The van der Waals surface area contributed by atoms with Crippen LogP contribution in [0.25, 0.3) is 0 Å². The van der Waals surface area contributed by atoms with Gasteiger partial charge >= 0.3 is 0 Å². The average molecular weight is 257 g/mol. The molecule has 0 aromatic rings. The van der Waals surface area contributed by atoms with Crippen molar-refractivity contribution in [3.63, 3.8) is 0 Å². The molecule has 0 spiro atoms. The topological polar surface area (TPSA) is 91.3 Å². The van der Waals surface area contributed by atoms with Gasteiger partial charge in [0, 0.05) is 6.20 Å². The minimum absolute atomic E-state index is 0.217. The van der Waals surface area contributed by atoms with Gasteiger partial charge in [0.05, 0.1) is 6.61 Å². The third kappa shape index (κ3) is 1.90. The molecule has 0 aliphatic carbocycles. The molecule has 100 valence electrons. The summed E-state index contributed by atoms with van der Waals surface area (Å²) in [4.78, 5) is 5.24. The maximum absolute atomic E-state index is 14.5. The van der Waals surface area contributed by atoms with E-state index in [1.54, 1.807) is 0 Å². The number of rotatable bonds is 2. The Morgan fingerprint density at radius 1 is 1.72 bits per heavy atom. The molecule has 0 bridgehead atoms. The molecule has 0 aromatic carbocycles. The molecule has 0 radical (unpaired) electrons. The van der Waals surface area contributed by atoms with Gasteiger partial charge in [-0.25, -0.2) is 9.38 Å². The standard InChI is InChI=1S/C11H16FN3O3/c1-6-14-8(13)3-4-15(6)10-11(2,12)9(17)7(5-16)18-10/h3-4,7,9-10,16-17H,1,5H2,2H3,(H2,13,14)/t7-,9-,10-,11-/m1/s1.